The quantitative estimate of drug-likeness (QED) is 0.560. The van der Waals surface area contributed by atoms with Gasteiger partial charge in [0.25, 0.3) is 6.41 Å². The van der Waals surface area contributed by atoms with Crippen LogP contribution in [0.4, 0.5) is 5.69 Å². The molecule has 1 aromatic heterocycles. The lowest BCUT2D eigenvalue weighted by molar-refractivity contribution is -0.107. The summed E-state index contributed by atoms with van der Waals surface area (Å²) in [5, 5.41) is 16.9. The molecule has 0 aliphatic rings. The lowest BCUT2D eigenvalue weighted by atomic mass is 10.2. The number of para-hydroxylation sites is 1. The van der Waals surface area contributed by atoms with Crippen LogP contribution in [0.25, 0.3) is 10.9 Å². The molecule has 0 atom stereocenters. The largest absolute Gasteiger partial charge is 0.493 e. The monoisotopic (exact) mass is 189 g/mol. The molecule has 2 N–H and O–H groups in total. The highest BCUT2D eigenvalue weighted by Gasteiger charge is 2.08. The van der Waals surface area contributed by atoms with E-state index < -0.39 is 0 Å². The molecule has 2 aromatic rings. The predicted molar refractivity (Wildman–Crippen MR) is 50.5 cm³/mol. The van der Waals surface area contributed by atoms with Crippen molar-refractivity contribution < 1.29 is 9.90 Å². The number of rotatable bonds is 2. The minimum Gasteiger partial charge on any atom is -0.493 e. The van der Waals surface area contributed by atoms with Gasteiger partial charge in [-0.3, -0.25) is 4.79 Å². The van der Waals surface area contributed by atoms with Gasteiger partial charge in [-0.2, -0.15) is 0 Å². The number of azo groups is 1. The van der Waals surface area contributed by atoms with Gasteiger partial charge in [-0.15, -0.1) is 10.2 Å². The van der Waals surface area contributed by atoms with E-state index in [0.29, 0.717) is 6.41 Å². The summed E-state index contributed by atoms with van der Waals surface area (Å²) >= 11 is 0. The molecule has 0 aliphatic carbocycles. The number of hydrogen-bond donors (Lipinski definition) is 2. The maximum absolute atomic E-state index is 10.00. The van der Waals surface area contributed by atoms with Crippen LogP contribution >= 0.6 is 0 Å². The Bertz CT molecular complexity index is 502. The Morgan fingerprint density at radius 2 is 2.14 bits per heavy atom. The minimum absolute atomic E-state index is 0.0863. The molecule has 5 heteroatoms. The molecule has 1 aromatic carbocycles. The van der Waals surface area contributed by atoms with E-state index in [1.54, 1.807) is 12.1 Å². The molecular weight excluding hydrogens is 182 g/mol. The van der Waals surface area contributed by atoms with Crippen LogP contribution in [0.3, 0.4) is 0 Å². The Morgan fingerprint density at radius 1 is 1.36 bits per heavy atom. The molecule has 14 heavy (non-hydrogen) atoms. The topological polar surface area (TPSA) is 77.8 Å². The first-order valence-electron chi connectivity index (χ1n) is 3.97. The zero-order valence-corrected chi connectivity index (χ0v) is 7.14. The van der Waals surface area contributed by atoms with Gasteiger partial charge in [-0.05, 0) is 6.07 Å². The first-order chi connectivity index (χ1) is 6.83. The van der Waals surface area contributed by atoms with Gasteiger partial charge in [0.15, 0.2) is 5.69 Å². The number of aromatic nitrogens is 1. The molecule has 0 spiro atoms. The van der Waals surface area contributed by atoms with Gasteiger partial charge in [-0.1, -0.05) is 18.2 Å². The summed E-state index contributed by atoms with van der Waals surface area (Å²) in [5.41, 5.74) is 1.04. The number of nitrogens with one attached hydrogen (secondary N) is 1. The maximum Gasteiger partial charge on any atom is 0.252 e. The number of nitrogens with zero attached hydrogens (tertiary/aromatic N) is 2. The van der Waals surface area contributed by atoms with E-state index in [9.17, 15) is 9.90 Å². The molecule has 1 amide bonds. The van der Waals surface area contributed by atoms with Crippen molar-refractivity contribution in [3.8, 4) is 5.88 Å². The standard InChI is InChI=1S/C9H7N3O2/c13-5-10-12-8-6-3-1-2-4-7(6)11-9(8)14/h1-5,11,14H. The molecular formula is C9H7N3O2. The van der Waals surface area contributed by atoms with Crippen molar-refractivity contribution in [2.75, 3.05) is 0 Å². The third-order valence-corrected chi connectivity index (χ3v) is 1.86. The van der Waals surface area contributed by atoms with Crippen LogP contribution in [-0.2, 0) is 4.79 Å². The number of fused-ring (bicyclic) bond motifs is 1. The van der Waals surface area contributed by atoms with Crippen molar-refractivity contribution in [3.63, 3.8) is 0 Å². The molecule has 0 saturated carbocycles. The fourth-order valence-corrected chi connectivity index (χ4v) is 1.30. The van der Waals surface area contributed by atoms with Crippen molar-refractivity contribution >= 4 is 23.0 Å². The molecule has 0 saturated heterocycles. The summed E-state index contributed by atoms with van der Waals surface area (Å²) in [7, 11) is 0. The molecule has 0 fully saturated rings. The Kier molecular flexibility index (Phi) is 1.98. The van der Waals surface area contributed by atoms with Crippen LogP contribution in [0.5, 0.6) is 5.88 Å². The van der Waals surface area contributed by atoms with Gasteiger partial charge in [0, 0.05) is 5.39 Å². The Morgan fingerprint density at radius 3 is 2.93 bits per heavy atom. The highest BCUT2D eigenvalue weighted by atomic mass is 16.3. The highest BCUT2D eigenvalue weighted by molar-refractivity contribution is 5.94. The number of benzene rings is 1. The van der Waals surface area contributed by atoms with Crippen LogP contribution in [-0.4, -0.2) is 16.5 Å². The number of H-pyrrole nitrogens is 1. The zero-order valence-electron chi connectivity index (χ0n) is 7.14. The molecule has 0 radical (unpaired) electrons. The van der Waals surface area contributed by atoms with Crippen molar-refractivity contribution in [2.45, 2.75) is 0 Å². The van der Waals surface area contributed by atoms with Crippen LogP contribution in [0, 0.1) is 0 Å². The third-order valence-electron chi connectivity index (χ3n) is 1.86. The third kappa shape index (κ3) is 1.24. The van der Waals surface area contributed by atoms with Crippen LogP contribution in [0.15, 0.2) is 34.5 Å². The van der Waals surface area contributed by atoms with Crippen LogP contribution in [0.1, 0.15) is 0 Å². The maximum atomic E-state index is 10.00. The minimum atomic E-state index is -0.0863. The molecule has 0 bridgehead atoms. The van der Waals surface area contributed by atoms with E-state index in [1.807, 2.05) is 12.1 Å². The van der Waals surface area contributed by atoms with Gasteiger partial charge in [0.1, 0.15) is 0 Å². The number of hydrogen-bond acceptors (Lipinski definition) is 3. The SMILES string of the molecule is O=CN=Nc1c(O)[nH]c2ccccc12. The Balaban J connectivity index is 2.67. The smallest absolute Gasteiger partial charge is 0.252 e. The van der Waals surface area contributed by atoms with Gasteiger partial charge >= 0.3 is 0 Å². The van der Waals surface area contributed by atoms with E-state index in [4.69, 9.17) is 0 Å². The first kappa shape index (κ1) is 8.43. The van der Waals surface area contributed by atoms with Crippen LogP contribution < -0.4 is 0 Å². The number of aromatic hydroxyl groups is 1. The average molecular weight is 189 g/mol. The van der Waals surface area contributed by atoms with Gasteiger partial charge in [0.2, 0.25) is 5.88 Å². The average Bonchev–Trinajstić information content (AvgIpc) is 2.51. The van der Waals surface area contributed by atoms with Gasteiger partial charge in [-0.25, -0.2) is 0 Å². The summed E-state index contributed by atoms with van der Waals surface area (Å²) in [6.07, 6.45) is 0.321. The molecule has 70 valence electrons. The van der Waals surface area contributed by atoms with Gasteiger partial charge < -0.3 is 10.1 Å². The number of carbonyl (C=O) groups is 1. The van der Waals surface area contributed by atoms with Crippen LogP contribution in [0.2, 0.25) is 0 Å². The van der Waals surface area contributed by atoms with E-state index >= 15 is 0 Å². The van der Waals surface area contributed by atoms with E-state index in [0.717, 1.165) is 10.9 Å². The summed E-state index contributed by atoms with van der Waals surface area (Å²) in [6, 6.07) is 7.23. The molecule has 0 aliphatic heterocycles. The number of amides is 1. The fraction of sp³-hybridized carbons (Fsp3) is 0. The summed E-state index contributed by atoms with van der Waals surface area (Å²) in [6.45, 7) is 0. The highest BCUT2D eigenvalue weighted by Crippen LogP contribution is 2.34. The van der Waals surface area contributed by atoms with Crippen molar-refractivity contribution in [1.82, 2.24) is 4.98 Å². The van der Waals surface area contributed by atoms with E-state index in [1.165, 1.54) is 0 Å². The van der Waals surface area contributed by atoms with Crippen molar-refractivity contribution in [3.05, 3.63) is 24.3 Å². The molecule has 1 heterocycles. The second-order valence-corrected chi connectivity index (χ2v) is 2.69. The number of aromatic amines is 1. The second kappa shape index (κ2) is 3.29. The predicted octanol–water partition coefficient (Wildman–Crippen LogP) is 2.11. The normalized spacial score (nSPS) is 11.1. The van der Waals surface area contributed by atoms with Crippen molar-refractivity contribution in [2.24, 2.45) is 10.2 Å². The summed E-state index contributed by atoms with van der Waals surface area (Å²) < 4.78 is 0. The molecule has 2 rings (SSSR count). The lowest BCUT2D eigenvalue weighted by Crippen LogP contribution is -1.63. The zero-order chi connectivity index (χ0) is 9.97. The molecule has 5 nitrogen and oxygen atoms in total. The number of carbonyl (C=O) groups excluding carboxylic acids is 1. The Labute approximate surface area is 79.1 Å². The second-order valence-electron chi connectivity index (χ2n) is 2.69. The van der Waals surface area contributed by atoms with Gasteiger partial charge in [0.05, 0.1) is 5.52 Å². The van der Waals surface area contributed by atoms with E-state index in [2.05, 4.69) is 15.2 Å². The summed E-state index contributed by atoms with van der Waals surface area (Å²) in [4.78, 5) is 12.7. The first-order valence-corrected chi connectivity index (χ1v) is 3.97. The van der Waals surface area contributed by atoms with E-state index in [-0.39, 0.29) is 11.6 Å². The van der Waals surface area contributed by atoms with Crippen molar-refractivity contribution in [1.29, 1.82) is 0 Å². The fourth-order valence-electron chi connectivity index (χ4n) is 1.30. The summed E-state index contributed by atoms with van der Waals surface area (Å²) in [5.74, 6) is -0.0863. The lowest BCUT2D eigenvalue weighted by Gasteiger charge is -1.87. The Hall–Kier alpha value is -2.17. The molecule has 0 unspecified atom stereocenters.